The summed E-state index contributed by atoms with van der Waals surface area (Å²) in [6, 6.07) is 15.3. The smallest absolute Gasteiger partial charge is 0.239 e. The van der Waals surface area contributed by atoms with Crippen LogP contribution >= 0.6 is 0 Å². The van der Waals surface area contributed by atoms with Gasteiger partial charge in [-0.2, -0.15) is 15.0 Å². The van der Waals surface area contributed by atoms with Crippen molar-refractivity contribution in [2.75, 3.05) is 6.54 Å². The van der Waals surface area contributed by atoms with Crippen LogP contribution in [0.3, 0.4) is 0 Å². The van der Waals surface area contributed by atoms with Crippen molar-refractivity contribution < 1.29 is 9.90 Å². The Labute approximate surface area is 169 Å². The van der Waals surface area contributed by atoms with Gasteiger partial charge in [-0.05, 0) is 25.0 Å². The summed E-state index contributed by atoms with van der Waals surface area (Å²) in [7, 11) is 1.79. The van der Waals surface area contributed by atoms with E-state index < -0.39 is 11.1 Å². The highest BCUT2D eigenvalue weighted by atomic mass is 16.3. The van der Waals surface area contributed by atoms with Crippen molar-refractivity contribution in [3.05, 3.63) is 59.7 Å². The van der Waals surface area contributed by atoms with Gasteiger partial charge in [-0.1, -0.05) is 48.5 Å². The van der Waals surface area contributed by atoms with Gasteiger partial charge in [0.2, 0.25) is 5.91 Å². The highest BCUT2D eigenvalue weighted by Crippen LogP contribution is 2.47. The number of rotatable bonds is 4. The van der Waals surface area contributed by atoms with Gasteiger partial charge in [-0.25, -0.2) is 0 Å². The zero-order chi connectivity index (χ0) is 20.8. The third-order valence-electron chi connectivity index (χ3n) is 5.33. The van der Waals surface area contributed by atoms with Crippen LogP contribution < -0.4 is 11.1 Å². The van der Waals surface area contributed by atoms with Crippen molar-refractivity contribution in [3.8, 4) is 22.5 Å². The fourth-order valence-corrected chi connectivity index (χ4v) is 3.87. The average molecular weight is 391 g/mol. The number of carbonyl (C=O) groups is 1. The molecule has 0 spiro atoms. The maximum absolute atomic E-state index is 12.2. The number of aliphatic hydroxyl groups is 1. The Balaban J connectivity index is 1.83. The van der Waals surface area contributed by atoms with Gasteiger partial charge in [0.1, 0.15) is 17.0 Å². The first kappa shape index (κ1) is 19.3. The molecule has 0 bridgehead atoms. The van der Waals surface area contributed by atoms with E-state index in [2.05, 4.69) is 15.5 Å². The SMILES string of the molecule is Cn1nc2c(n1)-c1ccccc1C(O)(CCNC(=O)C(C)(C)N)c1ccccc1-2. The fourth-order valence-electron chi connectivity index (χ4n) is 3.87. The summed E-state index contributed by atoms with van der Waals surface area (Å²) in [6.45, 7) is 3.58. The number of amides is 1. The number of nitrogens with two attached hydrogens (primary N) is 1. The summed E-state index contributed by atoms with van der Waals surface area (Å²) in [5.74, 6) is -0.261. The Morgan fingerprint density at radius 1 is 1.07 bits per heavy atom. The molecule has 1 aromatic heterocycles. The standard InChI is InChI=1S/C22H25N5O2/c1-21(2,23)20(28)24-13-12-22(29)16-10-6-4-8-14(16)18-19(26-27(3)25-18)15-9-5-7-11-17(15)22/h4-11,29H,12-13,23H2,1-3H3,(H,24,28). The predicted molar refractivity (Wildman–Crippen MR) is 111 cm³/mol. The molecule has 29 heavy (non-hydrogen) atoms. The van der Waals surface area contributed by atoms with Gasteiger partial charge in [0.25, 0.3) is 0 Å². The molecular weight excluding hydrogens is 366 g/mol. The molecule has 1 aliphatic rings. The van der Waals surface area contributed by atoms with E-state index in [0.29, 0.717) is 6.42 Å². The average Bonchev–Trinajstić information content (AvgIpc) is 3.05. The fraction of sp³-hybridized carbons (Fsp3) is 0.318. The zero-order valence-electron chi connectivity index (χ0n) is 16.8. The number of nitrogens with one attached hydrogen (secondary N) is 1. The van der Waals surface area contributed by atoms with E-state index in [4.69, 9.17) is 5.73 Å². The minimum absolute atomic E-state index is 0.261. The van der Waals surface area contributed by atoms with E-state index in [1.54, 1.807) is 25.7 Å². The van der Waals surface area contributed by atoms with Gasteiger partial charge in [0, 0.05) is 31.1 Å². The molecule has 0 saturated heterocycles. The first-order valence-corrected chi connectivity index (χ1v) is 9.62. The second kappa shape index (κ2) is 6.79. The molecule has 7 nitrogen and oxygen atoms in total. The first-order chi connectivity index (χ1) is 13.7. The summed E-state index contributed by atoms with van der Waals surface area (Å²) < 4.78 is 0. The third-order valence-corrected chi connectivity index (χ3v) is 5.33. The molecule has 0 saturated carbocycles. The van der Waals surface area contributed by atoms with Crippen LogP contribution in [-0.2, 0) is 17.4 Å². The van der Waals surface area contributed by atoms with E-state index in [0.717, 1.165) is 33.6 Å². The van der Waals surface area contributed by atoms with Crippen molar-refractivity contribution in [2.45, 2.75) is 31.4 Å². The lowest BCUT2D eigenvalue weighted by Gasteiger charge is -2.31. The van der Waals surface area contributed by atoms with Gasteiger partial charge in [0.15, 0.2) is 0 Å². The number of aromatic nitrogens is 3. The number of hydrogen-bond donors (Lipinski definition) is 3. The molecule has 0 radical (unpaired) electrons. The van der Waals surface area contributed by atoms with Crippen molar-refractivity contribution in [2.24, 2.45) is 12.8 Å². The first-order valence-electron chi connectivity index (χ1n) is 9.62. The van der Waals surface area contributed by atoms with Crippen molar-refractivity contribution in [1.82, 2.24) is 20.3 Å². The van der Waals surface area contributed by atoms with Crippen LogP contribution in [0.2, 0.25) is 0 Å². The van der Waals surface area contributed by atoms with Crippen LogP contribution in [0, 0.1) is 0 Å². The van der Waals surface area contributed by atoms with Crippen LogP contribution in [0.15, 0.2) is 48.5 Å². The molecule has 1 amide bonds. The number of benzene rings is 2. The highest BCUT2D eigenvalue weighted by Gasteiger charge is 2.40. The molecule has 150 valence electrons. The largest absolute Gasteiger partial charge is 0.380 e. The maximum Gasteiger partial charge on any atom is 0.239 e. The molecule has 0 fully saturated rings. The van der Waals surface area contributed by atoms with Crippen LogP contribution in [0.4, 0.5) is 0 Å². The Morgan fingerprint density at radius 2 is 1.55 bits per heavy atom. The molecule has 4 rings (SSSR count). The Kier molecular flexibility index (Phi) is 4.52. The van der Waals surface area contributed by atoms with Crippen molar-refractivity contribution in [3.63, 3.8) is 0 Å². The maximum atomic E-state index is 12.2. The minimum atomic E-state index is -1.31. The van der Waals surface area contributed by atoms with E-state index >= 15 is 0 Å². The second-order valence-corrected chi connectivity index (χ2v) is 8.07. The van der Waals surface area contributed by atoms with E-state index in [1.807, 2.05) is 48.5 Å². The van der Waals surface area contributed by atoms with Gasteiger partial charge in [0.05, 0.1) is 5.54 Å². The van der Waals surface area contributed by atoms with Gasteiger partial charge in [-0.3, -0.25) is 4.79 Å². The lowest BCUT2D eigenvalue weighted by atomic mass is 9.80. The summed E-state index contributed by atoms with van der Waals surface area (Å²) in [5, 5.41) is 24.0. The molecule has 4 N–H and O–H groups in total. The molecule has 7 heteroatoms. The lowest BCUT2D eigenvalue weighted by molar-refractivity contribution is -0.125. The molecule has 1 heterocycles. The summed E-state index contributed by atoms with van der Waals surface area (Å²) in [6.07, 6.45) is 0.291. The number of nitrogens with zero attached hydrogens (tertiary/aromatic N) is 3. The van der Waals surface area contributed by atoms with E-state index in [9.17, 15) is 9.90 Å². The summed E-state index contributed by atoms with van der Waals surface area (Å²) >= 11 is 0. The van der Waals surface area contributed by atoms with Crippen molar-refractivity contribution in [1.29, 1.82) is 0 Å². The topological polar surface area (TPSA) is 106 Å². The van der Waals surface area contributed by atoms with Gasteiger partial charge in [-0.15, -0.1) is 0 Å². The van der Waals surface area contributed by atoms with Gasteiger partial charge >= 0.3 is 0 Å². The molecule has 0 aliphatic heterocycles. The van der Waals surface area contributed by atoms with E-state index in [1.165, 1.54) is 0 Å². The highest BCUT2D eigenvalue weighted by molar-refractivity contribution is 5.86. The second-order valence-electron chi connectivity index (χ2n) is 8.07. The molecule has 0 unspecified atom stereocenters. The predicted octanol–water partition coefficient (Wildman–Crippen LogP) is 1.94. The normalized spacial score (nSPS) is 14.4. The van der Waals surface area contributed by atoms with Crippen LogP contribution in [-0.4, -0.2) is 38.1 Å². The number of aryl methyl sites for hydroxylation is 1. The Morgan fingerprint density at radius 3 is 2.03 bits per heavy atom. The van der Waals surface area contributed by atoms with E-state index in [-0.39, 0.29) is 12.5 Å². The summed E-state index contributed by atoms with van der Waals surface area (Å²) in [4.78, 5) is 13.8. The molecule has 0 atom stereocenters. The molecular formula is C22H25N5O2. The van der Waals surface area contributed by atoms with Crippen LogP contribution in [0.25, 0.3) is 22.5 Å². The number of carbonyl (C=O) groups excluding carboxylic acids is 1. The molecule has 1 aliphatic carbocycles. The minimum Gasteiger partial charge on any atom is -0.380 e. The quantitative estimate of drug-likeness (QED) is 0.630. The monoisotopic (exact) mass is 391 g/mol. The molecule has 2 aromatic carbocycles. The van der Waals surface area contributed by atoms with Gasteiger partial charge < -0.3 is 16.2 Å². The summed E-state index contributed by atoms with van der Waals surface area (Å²) in [5.41, 5.74) is 8.20. The Hall–Kier alpha value is -3.03. The zero-order valence-corrected chi connectivity index (χ0v) is 16.8. The number of fused-ring (bicyclic) bond motifs is 5. The third kappa shape index (κ3) is 3.22. The van der Waals surface area contributed by atoms with Crippen molar-refractivity contribution >= 4 is 5.91 Å². The van der Waals surface area contributed by atoms with Crippen LogP contribution in [0.5, 0.6) is 0 Å². The lowest BCUT2D eigenvalue weighted by Crippen LogP contribution is -2.50. The van der Waals surface area contributed by atoms with Crippen LogP contribution in [0.1, 0.15) is 31.4 Å². The molecule has 3 aromatic rings. The number of hydrogen-bond acceptors (Lipinski definition) is 5. The Bertz CT molecular complexity index is 1020.